The van der Waals surface area contributed by atoms with Gasteiger partial charge in [-0.3, -0.25) is 14.4 Å². The van der Waals surface area contributed by atoms with Crippen LogP contribution in [0.1, 0.15) is 46.6 Å². The van der Waals surface area contributed by atoms with Crippen LogP contribution >= 0.6 is 0 Å². The Hall–Kier alpha value is -3.18. The highest BCUT2D eigenvalue weighted by atomic mass is 16.4. The predicted molar refractivity (Wildman–Crippen MR) is 129 cm³/mol. The maximum absolute atomic E-state index is 13.2. The molecule has 35 heavy (non-hydrogen) atoms. The molecular formula is C24H38N4O7. The van der Waals surface area contributed by atoms with Gasteiger partial charge in [-0.15, -0.1) is 0 Å². The van der Waals surface area contributed by atoms with Gasteiger partial charge in [0.05, 0.1) is 12.1 Å². The van der Waals surface area contributed by atoms with Crippen LogP contribution in [0.5, 0.6) is 5.75 Å². The van der Waals surface area contributed by atoms with Gasteiger partial charge in [0, 0.05) is 6.42 Å². The van der Waals surface area contributed by atoms with E-state index >= 15 is 0 Å². The minimum Gasteiger partial charge on any atom is -0.508 e. The molecule has 0 saturated heterocycles. The van der Waals surface area contributed by atoms with Crippen LogP contribution in [0.3, 0.4) is 0 Å². The van der Waals surface area contributed by atoms with Gasteiger partial charge in [0.15, 0.2) is 6.04 Å². The maximum Gasteiger partial charge on any atom is 0.328 e. The van der Waals surface area contributed by atoms with E-state index in [4.69, 9.17) is 5.73 Å². The number of hydrogen-bond acceptors (Lipinski definition) is 7. The zero-order chi connectivity index (χ0) is 26.9. The molecule has 6 atom stereocenters. The largest absolute Gasteiger partial charge is 0.508 e. The molecule has 0 saturated carbocycles. The maximum atomic E-state index is 13.2. The minimum atomic E-state index is -1.55. The average Bonchev–Trinajstić information content (AvgIpc) is 2.79. The molecule has 196 valence electrons. The fourth-order valence-corrected chi connectivity index (χ4v) is 3.28. The highest BCUT2D eigenvalue weighted by molar-refractivity contribution is 5.94. The highest BCUT2D eigenvalue weighted by Crippen LogP contribution is 2.13. The van der Waals surface area contributed by atoms with Gasteiger partial charge in [-0.2, -0.15) is 0 Å². The van der Waals surface area contributed by atoms with Crippen LogP contribution in [0.15, 0.2) is 24.3 Å². The summed E-state index contributed by atoms with van der Waals surface area (Å²) in [6.45, 7) is 8.26. The van der Waals surface area contributed by atoms with E-state index in [-0.39, 0.29) is 18.1 Å². The number of carbonyl (C=O) groups is 4. The van der Waals surface area contributed by atoms with Crippen LogP contribution in [0.25, 0.3) is 0 Å². The fraction of sp³-hybridized carbons (Fsp3) is 0.583. The third-order valence-electron chi connectivity index (χ3n) is 5.86. The number of benzene rings is 1. The second-order valence-corrected chi connectivity index (χ2v) is 9.14. The summed E-state index contributed by atoms with van der Waals surface area (Å²) in [4.78, 5) is 50.1. The molecule has 11 heteroatoms. The SMILES string of the molecule is CC[C@H](C)[C@H](N)C(=O)N[C@@H](Cc1ccc(O)cc1)C(=O)N[C@H](C(=O)N[C@H](C(=O)O)[C@@H](C)O)C(C)C. The molecule has 11 nitrogen and oxygen atoms in total. The molecule has 0 heterocycles. The molecule has 0 aromatic heterocycles. The van der Waals surface area contributed by atoms with Crippen LogP contribution in [-0.4, -0.2) is 69.3 Å². The van der Waals surface area contributed by atoms with Gasteiger partial charge in [-0.25, -0.2) is 4.79 Å². The van der Waals surface area contributed by atoms with E-state index in [9.17, 15) is 34.5 Å². The monoisotopic (exact) mass is 494 g/mol. The summed E-state index contributed by atoms with van der Waals surface area (Å²) in [7, 11) is 0. The van der Waals surface area contributed by atoms with E-state index in [2.05, 4.69) is 16.0 Å². The molecule has 0 unspecified atom stereocenters. The first-order valence-electron chi connectivity index (χ1n) is 11.6. The van der Waals surface area contributed by atoms with E-state index in [0.29, 0.717) is 12.0 Å². The number of nitrogens with one attached hydrogen (secondary N) is 3. The van der Waals surface area contributed by atoms with Gasteiger partial charge in [0.2, 0.25) is 17.7 Å². The molecule has 0 aliphatic heterocycles. The summed E-state index contributed by atoms with van der Waals surface area (Å²) >= 11 is 0. The minimum absolute atomic E-state index is 0.0419. The lowest BCUT2D eigenvalue weighted by Crippen LogP contribution is -2.60. The number of carbonyl (C=O) groups excluding carboxylic acids is 3. The zero-order valence-electron chi connectivity index (χ0n) is 20.8. The number of aromatic hydroxyl groups is 1. The van der Waals surface area contributed by atoms with E-state index < -0.39 is 59.9 Å². The Labute approximate surface area is 205 Å². The summed E-state index contributed by atoms with van der Waals surface area (Å²) < 4.78 is 0. The number of aliphatic hydroxyl groups excluding tert-OH is 1. The molecule has 0 bridgehead atoms. The van der Waals surface area contributed by atoms with Crippen LogP contribution < -0.4 is 21.7 Å². The second-order valence-electron chi connectivity index (χ2n) is 9.14. The predicted octanol–water partition coefficient (Wildman–Crippen LogP) is -0.116. The molecule has 8 N–H and O–H groups in total. The molecule has 1 aromatic rings. The van der Waals surface area contributed by atoms with Gasteiger partial charge in [0.1, 0.15) is 17.8 Å². The first kappa shape index (κ1) is 29.9. The van der Waals surface area contributed by atoms with Gasteiger partial charge in [-0.05, 0) is 36.5 Å². The molecule has 0 aliphatic rings. The van der Waals surface area contributed by atoms with Gasteiger partial charge in [0.25, 0.3) is 0 Å². The Morgan fingerprint density at radius 3 is 1.89 bits per heavy atom. The number of aliphatic carboxylic acids is 1. The van der Waals surface area contributed by atoms with Gasteiger partial charge < -0.3 is 37.0 Å². The highest BCUT2D eigenvalue weighted by Gasteiger charge is 2.33. The number of nitrogens with two attached hydrogens (primary N) is 1. The first-order valence-corrected chi connectivity index (χ1v) is 11.6. The van der Waals surface area contributed by atoms with Gasteiger partial charge in [-0.1, -0.05) is 46.2 Å². The van der Waals surface area contributed by atoms with Crippen molar-refractivity contribution in [2.75, 3.05) is 0 Å². The van der Waals surface area contributed by atoms with Crippen molar-refractivity contribution in [1.29, 1.82) is 0 Å². The van der Waals surface area contributed by atoms with E-state index in [0.717, 1.165) is 0 Å². The Morgan fingerprint density at radius 2 is 1.43 bits per heavy atom. The Morgan fingerprint density at radius 1 is 0.886 bits per heavy atom. The lowest BCUT2D eigenvalue weighted by Gasteiger charge is -2.28. The van der Waals surface area contributed by atoms with Crippen LogP contribution in [0, 0.1) is 11.8 Å². The molecule has 1 rings (SSSR count). The summed E-state index contributed by atoms with van der Waals surface area (Å²) in [6.07, 6.45) is -0.640. The van der Waals surface area contributed by atoms with Crippen molar-refractivity contribution in [2.45, 2.75) is 77.7 Å². The lowest BCUT2D eigenvalue weighted by molar-refractivity contribution is -0.145. The Bertz CT molecular complexity index is 873. The average molecular weight is 495 g/mol. The number of phenolic OH excluding ortho intramolecular Hbond substituents is 1. The molecule has 0 aliphatic carbocycles. The van der Waals surface area contributed by atoms with Crippen molar-refractivity contribution >= 4 is 23.7 Å². The summed E-state index contributed by atoms with van der Waals surface area (Å²) in [5, 5.41) is 35.9. The number of phenols is 1. The number of hydrogen-bond donors (Lipinski definition) is 7. The number of carboxylic acid groups (broad SMARTS) is 1. The first-order chi connectivity index (χ1) is 16.3. The molecule has 0 fully saturated rings. The third-order valence-corrected chi connectivity index (χ3v) is 5.86. The third kappa shape index (κ3) is 9.18. The van der Waals surface area contributed by atoms with Crippen molar-refractivity contribution in [3.05, 3.63) is 29.8 Å². The smallest absolute Gasteiger partial charge is 0.328 e. The van der Waals surface area contributed by atoms with Crippen molar-refractivity contribution in [2.24, 2.45) is 17.6 Å². The van der Waals surface area contributed by atoms with Crippen molar-refractivity contribution in [3.63, 3.8) is 0 Å². The normalized spacial score (nSPS) is 16.3. The number of rotatable bonds is 13. The van der Waals surface area contributed by atoms with Gasteiger partial charge >= 0.3 is 5.97 Å². The van der Waals surface area contributed by atoms with Crippen molar-refractivity contribution in [1.82, 2.24) is 16.0 Å². The van der Waals surface area contributed by atoms with Crippen LogP contribution in [0.2, 0.25) is 0 Å². The molecule has 0 radical (unpaired) electrons. The Balaban J connectivity index is 3.13. The van der Waals surface area contributed by atoms with Crippen LogP contribution in [0.4, 0.5) is 0 Å². The topological polar surface area (TPSA) is 191 Å². The van der Waals surface area contributed by atoms with E-state index in [1.54, 1.807) is 26.0 Å². The zero-order valence-corrected chi connectivity index (χ0v) is 20.8. The summed E-state index contributed by atoms with van der Waals surface area (Å²) in [5.74, 6) is -3.92. The quantitative estimate of drug-likeness (QED) is 0.197. The molecule has 0 spiro atoms. The Kier molecular flexibility index (Phi) is 11.6. The van der Waals surface area contributed by atoms with Crippen molar-refractivity contribution in [3.8, 4) is 5.75 Å². The summed E-state index contributed by atoms with van der Waals surface area (Å²) in [5.41, 5.74) is 6.67. The number of amides is 3. The summed E-state index contributed by atoms with van der Waals surface area (Å²) in [6, 6.07) is 1.47. The number of carboxylic acids is 1. The standard InChI is InChI=1S/C24H38N4O7/c1-6-13(4)18(25)22(32)26-17(11-15-7-9-16(30)10-8-15)21(31)27-19(12(2)3)23(33)28-20(14(5)29)24(34)35/h7-10,12-14,17-20,29-30H,6,11,25H2,1-5H3,(H,26,32)(H,27,31)(H,28,33)(H,34,35)/t13-,14+,17-,18-,19-,20-/m0/s1. The van der Waals surface area contributed by atoms with E-state index in [1.165, 1.54) is 19.1 Å². The number of aliphatic hydroxyl groups is 1. The fourth-order valence-electron chi connectivity index (χ4n) is 3.28. The van der Waals surface area contributed by atoms with Crippen LogP contribution in [-0.2, 0) is 25.6 Å². The van der Waals surface area contributed by atoms with E-state index in [1.807, 2.05) is 13.8 Å². The molecule has 1 aromatic carbocycles. The van der Waals surface area contributed by atoms with Crippen molar-refractivity contribution < 1.29 is 34.5 Å². The lowest BCUT2D eigenvalue weighted by atomic mass is 9.97. The molecule has 3 amide bonds. The molecular weight excluding hydrogens is 456 g/mol. The second kappa shape index (κ2) is 13.6.